The first-order valence-electron chi connectivity index (χ1n) is 6.09. The number of anilines is 1. The smallest absolute Gasteiger partial charge is 0.130 e. The maximum absolute atomic E-state index is 5.76. The monoisotopic (exact) mass is 258 g/mol. The van der Waals surface area contributed by atoms with Crippen molar-refractivity contribution in [2.24, 2.45) is 0 Å². The lowest BCUT2D eigenvalue weighted by Gasteiger charge is -2.10. The van der Waals surface area contributed by atoms with E-state index in [0.29, 0.717) is 12.3 Å². The van der Waals surface area contributed by atoms with Gasteiger partial charge in [0.2, 0.25) is 0 Å². The van der Waals surface area contributed by atoms with E-state index in [-0.39, 0.29) is 0 Å². The molecule has 0 fully saturated rings. The number of methoxy groups -OCH3 is 1. The van der Waals surface area contributed by atoms with Crippen molar-refractivity contribution in [2.75, 3.05) is 12.8 Å². The highest BCUT2D eigenvalue weighted by molar-refractivity contribution is 5.48. The van der Waals surface area contributed by atoms with Crippen molar-refractivity contribution in [3.05, 3.63) is 47.3 Å². The molecule has 0 amide bonds. The lowest BCUT2D eigenvalue weighted by Crippen LogP contribution is -2.02. The van der Waals surface area contributed by atoms with Crippen molar-refractivity contribution < 1.29 is 9.47 Å². The Morgan fingerprint density at radius 2 is 1.95 bits per heavy atom. The molecule has 0 spiro atoms. The first kappa shape index (κ1) is 13.2. The predicted octanol–water partition coefficient (Wildman–Crippen LogP) is 2.87. The van der Waals surface area contributed by atoms with E-state index in [1.54, 1.807) is 7.11 Å². The van der Waals surface area contributed by atoms with Crippen LogP contribution in [-0.2, 0) is 6.61 Å². The van der Waals surface area contributed by atoms with Crippen molar-refractivity contribution in [3.8, 4) is 11.5 Å². The van der Waals surface area contributed by atoms with Crippen LogP contribution in [0.1, 0.15) is 17.0 Å². The normalized spacial score (nSPS) is 10.3. The second-order valence-corrected chi connectivity index (χ2v) is 4.45. The molecule has 4 nitrogen and oxygen atoms in total. The number of rotatable bonds is 4. The SMILES string of the molecule is COc1cc(C)nc(COc2cc(N)ccc2C)c1. The van der Waals surface area contributed by atoms with Crippen LogP contribution in [0.2, 0.25) is 0 Å². The summed E-state index contributed by atoms with van der Waals surface area (Å²) in [6, 6.07) is 9.37. The van der Waals surface area contributed by atoms with Crippen LogP contribution in [0.5, 0.6) is 11.5 Å². The molecule has 2 aromatic rings. The van der Waals surface area contributed by atoms with Gasteiger partial charge in [-0.25, -0.2) is 0 Å². The predicted molar refractivity (Wildman–Crippen MR) is 75.4 cm³/mol. The molecule has 1 aromatic carbocycles. The fourth-order valence-corrected chi connectivity index (χ4v) is 1.82. The van der Waals surface area contributed by atoms with Crippen molar-refractivity contribution in [3.63, 3.8) is 0 Å². The van der Waals surface area contributed by atoms with E-state index in [4.69, 9.17) is 15.2 Å². The first-order valence-corrected chi connectivity index (χ1v) is 6.09. The van der Waals surface area contributed by atoms with E-state index in [9.17, 15) is 0 Å². The number of aromatic nitrogens is 1. The molecule has 0 aliphatic carbocycles. The summed E-state index contributed by atoms with van der Waals surface area (Å²) in [6.07, 6.45) is 0. The van der Waals surface area contributed by atoms with Gasteiger partial charge < -0.3 is 15.2 Å². The summed E-state index contributed by atoms with van der Waals surface area (Å²) < 4.78 is 11.0. The number of aryl methyl sites for hydroxylation is 2. The fraction of sp³-hybridized carbons (Fsp3) is 0.267. The molecule has 0 aliphatic heterocycles. The third-order valence-corrected chi connectivity index (χ3v) is 2.80. The highest BCUT2D eigenvalue weighted by Crippen LogP contribution is 2.22. The zero-order valence-corrected chi connectivity index (χ0v) is 11.4. The summed E-state index contributed by atoms with van der Waals surface area (Å²) >= 11 is 0. The third-order valence-electron chi connectivity index (χ3n) is 2.80. The van der Waals surface area contributed by atoms with E-state index in [1.807, 2.05) is 44.2 Å². The number of nitrogens with zero attached hydrogens (tertiary/aromatic N) is 1. The maximum Gasteiger partial charge on any atom is 0.130 e. The number of pyridine rings is 1. The summed E-state index contributed by atoms with van der Waals surface area (Å²) in [4.78, 5) is 4.41. The number of nitrogens with two attached hydrogens (primary N) is 1. The molecule has 0 saturated carbocycles. The zero-order valence-electron chi connectivity index (χ0n) is 11.4. The van der Waals surface area contributed by atoms with Crippen molar-refractivity contribution >= 4 is 5.69 Å². The Morgan fingerprint density at radius 3 is 2.68 bits per heavy atom. The van der Waals surface area contributed by atoms with Gasteiger partial charge in [0.1, 0.15) is 18.1 Å². The summed E-state index contributed by atoms with van der Waals surface area (Å²) in [6.45, 7) is 4.30. The Hall–Kier alpha value is -2.23. The molecule has 0 saturated heterocycles. The lowest BCUT2D eigenvalue weighted by atomic mass is 10.2. The van der Waals surface area contributed by atoms with Gasteiger partial charge in [-0.05, 0) is 25.5 Å². The zero-order chi connectivity index (χ0) is 13.8. The molecule has 100 valence electrons. The number of nitrogen functional groups attached to an aromatic ring is 1. The van der Waals surface area contributed by atoms with Gasteiger partial charge in [0.25, 0.3) is 0 Å². The molecule has 0 atom stereocenters. The molecular formula is C15H18N2O2. The molecular weight excluding hydrogens is 240 g/mol. The number of hydrogen-bond donors (Lipinski definition) is 1. The summed E-state index contributed by atoms with van der Waals surface area (Å²) in [5, 5.41) is 0. The van der Waals surface area contributed by atoms with E-state index >= 15 is 0 Å². The Balaban J connectivity index is 2.14. The Bertz CT molecular complexity index is 582. The fourth-order valence-electron chi connectivity index (χ4n) is 1.82. The van der Waals surface area contributed by atoms with Gasteiger partial charge in [0.15, 0.2) is 0 Å². The molecule has 0 aliphatic rings. The molecule has 19 heavy (non-hydrogen) atoms. The minimum absolute atomic E-state index is 0.391. The Labute approximate surface area is 113 Å². The first-order chi connectivity index (χ1) is 9.08. The average Bonchev–Trinajstić information content (AvgIpc) is 2.39. The van der Waals surface area contributed by atoms with Crippen LogP contribution in [0.3, 0.4) is 0 Å². The summed E-state index contributed by atoms with van der Waals surface area (Å²) in [5.41, 5.74) is 9.23. The van der Waals surface area contributed by atoms with Crippen LogP contribution < -0.4 is 15.2 Å². The topological polar surface area (TPSA) is 57.4 Å². The molecule has 2 N–H and O–H groups in total. The Morgan fingerprint density at radius 1 is 1.16 bits per heavy atom. The van der Waals surface area contributed by atoms with Crippen LogP contribution in [0.4, 0.5) is 5.69 Å². The second-order valence-electron chi connectivity index (χ2n) is 4.45. The van der Waals surface area contributed by atoms with E-state index < -0.39 is 0 Å². The van der Waals surface area contributed by atoms with Crippen molar-refractivity contribution in [2.45, 2.75) is 20.5 Å². The number of ether oxygens (including phenoxy) is 2. The van der Waals surface area contributed by atoms with E-state index in [2.05, 4.69) is 4.98 Å². The molecule has 1 heterocycles. The van der Waals surface area contributed by atoms with Crippen molar-refractivity contribution in [1.82, 2.24) is 4.98 Å². The molecule has 0 radical (unpaired) electrons. The van der Waals surface area contributed by atoms with Crippen LogP contribution in [0.25, 0.3) is 0 Å². The van der Waals surface area contributed by atoms with Crippen LogP contribution in [0.15, 0.2) is 30.3 Å². The summed E-state index contributed by atoms with van der Waals surface area (Å²) in [5.74, 6) is 1.57. The van der Waals surface area contributed by atoms with Gasteiger partial charge in [-0.3, -0.25) is 4.98 Å². The minimum atomic E-state index is 0.391. The molecule has 0 unspecified atom stereocenters. The third kappa shape index (κ3) is 3.37. The van der Waals surface area contributed by atoms with Gasteiger partial charge in [0.05, 0.1) is 12.8 Å². The van der Waals surface area contributed by atoms with Gasteiger partial charge in [0, 0.05) is 29.6 Å². The summed E-state index contributed by atoms with van der Waals surface area (Å²) in [7, 11) is 1.64. The average molecular weight is 258 g/mol. The molecule has 2 rings (SSSR count). The highest BCUT2D eigenvalue weighted by atomic mass is 16.5. The quantitative estimate of drug-likeness (QED) is 0.857. The number of benzene rings is 1. The van der Waals surface area contributed by atoms with Crippen LogP contribution >= 0.6 is 0 Å². The van der Waals surface area contributed by atoms with Gasteiger partial charge >= 0.3 is 0 Å². The lowest BCUT2D eigenvalue weighted by molar-refractivity contribution is 0.298. The molecule has 1 aromatic heterocycles. The van der Waals surface area contributed by atoms with Crippen LogP contribution in [-0.4, -0.2) is 12.1 Å². The standard InChI is InChI=1S/C15H18N2O2/c1-10-4-5-12(16)7-15(10)19-9-13-8-14(18-3)6-11(2)17-13/h4-8H,9,16H2,1-3H3. The number of hydrogen-bond acceptors (Lipinski definition) is 4. The van der Waals surface area contributed by atoms with Gasteiger partial charge in [-0.1, -0.05) is 6.07 Å². The van der Waals surface area contributed by atoms with Crippen LogP contribution in [0, 0.1) is 13.8 Å². The molecule has 0 bridgehead atoms. The van der Waals surface area contributed by atoms with Crippen molar-refractivity contribution in [1.29, 1.82) is 0 Å². The van der Waals surface area contributed by atoms with Gasteiger partial charge in [-0.15, -0.1) is 0 Å². The second kappa shape index (κ2) is 5.61. The highest BCUT2D eigenvalue weighted by Gasteiger charge is 2.04. The van der Waals surface area contributed by atoms with Gasteiger partial charge in [-0.2, -0.15) is 0 Å². The maximum atomic E-state index is 5.76. The van der Waals surface area contributed by atoms with E-state index in [1.165, 1.54) is 0 Å². The molecule has 4 heteroatoms. The minimum Gasteiger partial charge on any atom is -0.497 e. The largest absolute Gasteiger partial charge is 0.497 e. The Kier molecular flexibility index (Phi) is 3.90. The van der Waals surface area contributed by atoms with E-state index in [0.717, 1.165) is 28.5 Å².